The van der Waals surface area contributed by atoms with Crippen molar-refractivity contribution >= 4 is 0 Å². The molecule has 3 aliphatic carbocycles. The molecule has 3 aliphatic rings. The van der Waals surface area contributed by atoms with Gasteiger partial charge in [0.2, 0.25) is 0 Å². The van der Waals surface area contributed by atoms with E-state index >= 15 is 0 Å². The van der Waals surface area contributed by atoms with Crippen LogP contribution in [0.4, 0.5) is 0 Å². The summed E-state index contributed by atoms with van der Waals surface area (Å²) in [6.07, 6.45) is 10.5. The molecule has 0 radical (unpaired) electrons. The molecule has 0 bridgehead atoms. The number of hydrogen-bond acceptors (Lipinski definition) is 2. The standard InChI is InChI=1S/C10H8O2/c11-9-5-1-3-7(9)8-4-2-6-10(8,9)12/h1-6,11-12H/t9-,10+. The summed E-state index contributed by atoms with van der Waals surface area (Å²) in [5.41, 5.74) is -0.637. The Balaban J connectivity index is 2.27. The van der Waals surface area contributed by atoms with E-state index in [0.29, 0.717) is 0 Å². The lowest BCUT2D eigenvalue weighted by Gasteiger charge is -2.50. The quantitative estimate of drug-likeness (QED) is 0.540. The molecule has 12 heavy (non-hydrogen) atoms. The molecule has 0 aliphatic heterocycles. The highest BCUT2D eigenvalue weighted by molar-refractivity contribution is 5.72. The van der Waals surface area contributed by atoms with Gasteiger partial charge in [0.05, 0.1) is 0 Å². The van der Waals surface area contributed by atoms with Gasteiger partial charge in [-0.1, -0.05) is 24.3 Å². The van der Waals surface area contributed by atoms with Gasteiger partial charge >= 0.3 is 0 Å². The average Bonchev–Trinajstić information content (AvgIpc) is 2.54. The van der Waals surface area contributed by atoms with Crippen LogP contribution in [0, 0.1) is 0 Å². The summed E-state index contributed by atoms with van der Waals surface area (Å²) in [7, 11) is 0. The van der Waals surface area contributed by atoms with E-state index in [4.69, 9.17) is 0 Å². The second-order valence-corrected chi connectivity index (χ2v) is 3.41. The number of aliphatic hydroxyl groups is 2. The maximum absolute atomic E-state index is 9.98. The summed E-state index contributed by atoms with van der Waals surface area (Å²) in [6.45, 7) is 0. The van der Waals surface area contributed by atoms with E-state index in [9.17, 15) is 10.2 Å². The van der Waals surface area contributed by atoms with Gasteiger partial charge in [-0.05, 0) is 23.3 Å². The van der Waals surface area contributed by atoms with Gasteiger partial charge in [-0.3, -0.25) is 0 Å². The van der Waals surface area contributed by atoms with Crippen LogP contribution in [0.2, 0.25) is 0 Å². The van der Waals surface area contributed by atoms with Crippen molar-refractivity contribution in [3.63, 3.8) is 0 Å². The van der Waals surface area contributed by atoms with Crippen molar-refractivity contribution < 1.29 is 10.2 Å². The second-order valence-electron chi connectivity index (χ2n) is 3.41. The predicted molar refractivity (Wildman–Crippen MR) is 44.3 cm³/mol. The van der Waals surface area contributed by atoms with E-state index in [-0.39, 0.29) is 0 Å². The molecule has 2 nitrogen and oxygen atoms in total. The summed E-state index contributed by atoms with van der Waals surface area (Å²) < 4.78 is 0. The Morgan fingerprint density at radius 3 is 1.67 bits per heavy atom. The maximum atomic E-state index is 9.98. The monoisotopic (exact) mass is 160 g/mol. The zero-order valence-electron chi connectivity index (χ0n) is 6.36. The molecule has 0 aromatic rings. The molecular formula is C10H8O2. The Bertz CT molecular complexity index is 349. The van der Waals surface area contributed by atoms with E-state index in [1.54, 1.807) is 24.3 Å². The predicted octanol–water partition coefficient (Wildman–Crippen LogP) is 0.455. The minimum Gasteiger partial charge on any atom is -0.377 e. The SMILES string of the molecule is O[C@]12C=CC=C1C1=CC=C[C@]12O. The fourth-order valence-corrected chi connectivity index (χ4v) is 2.19. The van der Waals surface area contributed by atoms with Crippen LogP contribution in [0.1, 0.15) is 0 Å². The van der Waals surface area contributed by atoms with Gasteiger partial charge in [-0.25, -0.2) is 0 Å². The summed E-state index contributed by atoms with van der Waals surface area (Å²) in [6, 6.07) is 0. The van der Waals surface area contributed by atoms with E-state index in [2.05, 4.69) is 0 Å². The number of rotatable bonds is 0. The van der Waals surface area contributed by atoms with Gasteiger partial charge in [0.1, 0.15) is 11.2 Å². The summed E-state index contributed by atoms with van der Waals surface area (Å²) in [4.78, 5) is 0. The first kappa shape index (κ1) is 6.40. The van der Waals surface area contributed by atoms with Crippen molar-refractivity contribution in [2.24, 2.45) is 0 Å². The third kappa shape index (κ3) is 0.384. The van der Waals surface area contributed by atoms with E-state index in [1.165, 1.54) is 0 Å². The minimum absolute atomic E-state index is 0.829. The Morgan fingerprint density at radius 2 is 1.25 bits per heavy atom. The van der Waals surface area contributed by atoms with Crippen molar-refractivity contribution in [3.8, 4) is 0 Å². The van der Waals surface area contributed by atoms with Crippen molar-refractivity contribution in [3.05, 3.63) is 47.6 Å². The highest BCUT2D eigenvalue weighted by Crippen LogP contribution is 2.57. The molecule has 2 heteroatoms. The first-order chi connectivity index (χ1) is 5.68. The van der Waals surface area contributed by atoms with Crippen molar-refractivity contribution in [2.75, 3.05) is 0 Å². The van der Waals surface area contributed by atoms with Crippen molar-refractivity contribution in [1.82, 2.24) is 0 Å². The molecule has 60 valence electrons. The molecule has 3 rings (SSSR count). The zero-order chi connectivity index (χ0) is 8.40. The molecule has 0 saturated heterocycles. The fraction of sp³-hybridized carbons (Fsp3) is 0.200. The van der Waals surface area contributed by atoms with Crippen LogP contribution in [0.25, 0.3) is 0 Å². The van der Waals surface area contributed by atoms with E-state index in [1.807, 2.05) is 12.2 Å². The molecular weight excluding hydrogens is 152 g/mol. The lowest BCUT2D eigenvalue weighted by Crippen LogP contribution is -2.62. The van der Waals surface area contributed by atoms with Crippen LogP contribution in [-0.4, -0.2) is 21.4 Å². The molecule has 0 aromatic heterocycles. The Labute approximate surface area is 69.8 Å². The van der Waals surface area contributed by atoms with Gasteiger partial charge in [0.25, 0.3) is 0 Å². The molecule has 0 amide bonds. The van der Waals surface area contributed by atoms with Crippen LogP contribution in [0.5, 0.6) is 0 Å². The van der Waals surface area contributed by atoms with Crippen molar-refractivity contribution in [1.29, 1.82) is 0 Å². The minimum atomic E-state index is -1.15. The molecule has 0 aromatic carbocycles. The molecule has 0 unspecified atom stereocenters. The largest absolute Gasteiger partial charge is 0.377 e. The van der Waals surface area contributed by atoms with Crippen LogP contribution >= 0.6 is 0 Å². The van der Waals surface area contributed by atoms with Crippen LogP contribution in [-0.2, 0) is 0 Å². The summed E-state index contributed by atoms with van der Waals surface area (Å²) in [5, 5.41) is 20.0. The van der Waals surface area contributed by atoms with Crippen LogP contribution < -0.4 is 0 Å². The number of hydrogen-bond donors (Lipinski definition) is 2. The lowest BCUT2D eigenvalue weighted by atomic mass is 9.61. The Hall–Kier alpha value is -1.12. The van der Waals surface area contributed by atoms with Crippen molar-refractivity contribution in [2.45, 2.75) is 11.2 Å². The Morgan fingerprint density at radius 1 is 0.833 bits per heavy atom. The third-order valence-corrected chi connectivity index (χ3v) is 2.89. The molecule has 1 saturated carbocycles. The van der Waals surface area contributed by atoms with E-state index in [0.717, 1.165) is 11.1 Å². The average molecular weight is 160 g/mol. The topological polar surface area (TPSA) is 40.5 Å². The van der Waals surface area contributed by atoms with Crippen LogP contribution in [0.3, 0.4) is 0 Å². The third-order valence-electron chi connectivity index (χ3n) is 2.89. The highest BCUT2D eigenvalue weighted by atomic mass is 16.4. The lowest BCUT2D eigenvalue weighted by molar-refractivity contribution is -0.0733. The summed E-state index contributed by atoms with van der Waals surface area (Å²) >= 11 is 0. The Kier molecular flexibility index (Phi) is 0.794. The maximum Gasteiger partial charge on any atom is 0.145 e. The second kappa shape index (κ2) is 1.49. The summed E-state index contributed by atoms with van der Waals surface area (Å²) in [5.74, 6) is 0. The normalized spacial score (nSPS) is 46.5. The van der Waals surface area contributed by atoms with Gasteiger partial charge < -0.3 is 10.2 Å². The molecule has 0 heterocycles. The highest BCUT2D eigenvalue weighted by Gasteiger charge is 2.64. The number of fused-ring (bicyclic) bond motifs is 4. The fourth-order valence-electron chi connectivity index (χ4n) is 2.19. The first-order valence-corrected chi connectivity index (χ1v) is 3.94. The first-order valence-electron chi connectivity index (χ1n) is 3.94. The zero-order valence-corrected chi connectivity index (χ0v) is 6.36. The molecule has 2 N–H and O–H groups in total. The molecule has 2 atom stereocenters. The van der Waals surface area contributed by atoms with Gasteiger partial charge in [0, 0.05) is 0 Å². The van der Waals surface area contributed by atoms with Gasteiger partial charge in [-0.15, -0.1) is 0 Å². The van der Waals surface area contributed by atoms with Crippen LogP contribution in [0.15, 0.2) is 47.6 Å². The number of allylic oxidation sites excluding steroid dienone is 4. The smallest absolute Gasteiger partial charge is 0.145 e. The van der Waals surface area contributed by atoms with E-state index < -0.39 is 11.2 Å². The van der Waals surface area contributed by atoms with Gasteiger partial charge in [-0.2, -0.15) is 0 Å². The molecule has 0 spiro atoms. The molecule has 1 fully saturated rings. The van der Waals surface area contributed by atoms with Gasteiger partial charge in [0.15, 0.2) is 0 Å².